The molecule has 0 fully saturated rings. The monoisotopic (exact) mass is 358 g/mol. The zero-order valence-electron chi connectivity index (χ0n) is 14.5. The summed E-state index contributed by atoms with van der Waals surface area (Å²) in [6.07, 6.45) is 1.20. The van der Waals surface area contributed by atoms with Crippen LogP contribution in [0.15, 0.2) is 48.5 Å². The first-order valence-corrected chi connectivity index (χ1v) is 8.96. The van der Waals surface area contributed by atoms with E-state index in [4.69, 9.17) is 16.3 Å². The van der Waals surface area contributed by atoms with Gasteiger partial charge < -0.3 is 14.5 Å². The maximum absolute atomic E-state index is 12.6. The van der Waals surface area contributed by atoms with Crippen molar-refractivity contribution in [2.45, 2.75) is 19.4 Å². The van der Waals surface area contributed by atoms with E-state index in [1.165, 1.54) is 11.3 Å². The van der Waals surface area contributed by atoms with Crippen LogP contribution in [0.3, 0.4) is 0 Å². The maximum atomic E-state index is 12.6. The molecule has 0 aromatic heterocycles. The zero-order chi connectivity index (χ0) is 17.6. The number of carbonyl (C=O) groups excluding carboxylic acids is 1. The molecule has 5 heteroatoms. The fourth-order valence-electron chi connectivity index (χ4n) is 3.01. The van der Waals surface area contributed by atoms with Gasteiger partial charge in [0.15, 0.2) is 0 Å². The van der Waals surface area contributed by atoms with Crippen molar-refractivity contribution in [3.8, 4) is 5.75 Å². The summed E-state index contributed by atoms with van der Waals surface area (Å²) in [7, 11) is 2.08. The summed E-state index contributed by atoms with van der Waals surface area (Å²) in [4.78, 5) is 16.7. The van der Waals surface area contributed by atoms with Crippen LogP contribution in [0.4, 0.5) is 5.69 Å². The molecule has 0 N–H and O–H groups in total. The normalized spacial score (nSPS) is 14.0. The molecule has 0 spiro atoms. The minimum atomic E-state index is 0.185. The lowest BCUT2D eigenvalue weighted by molar-refractivity contribution is -0.131. The third-order valence-corrected chi connectivity index (χ3v) is 4.69. The van der Waals surface area contributed by atoms with Crippen molar-refractivity contribution in [3.63, 3.8) is 0 Å². The van der Waals surface area contributed by atoms with E-state index in [2.05, 4.69) is 24.1 Å². The van der Waals surface area contributed by atoms with Gasteiger partial charge in [0.05, 0.1) is 6.61 Å². The highest BCUT2D eigenvalue weighted by Crippen LogP contribution is 2.24. The van der Waals surface area contributed by atoms with Gasteiger partial charge in [-0.3, -0.25) is 4.79 Å². The molecular formula is C20H23ClN2O2. The van der Waals surface area contributed by atoms with Gasteiger partial charge in [-0.2, -0.15) is 0 Å². The molecule has 25 heavy (non-hydrogen) atoms. The van der Waals surface area contributed by atoms with Crippen LogP contribution in [-0.4, -0.2) is 37.6 Å². The van der Waals surface area contributed by atoms with Crippen molar-refractivity contribution in [3.05, 3.63) is 59.1 Å². The van der Waals surface area contributed by atoms with Gasteiger partial charge in [-0.15, -0.1) is 0 Å². The molecular weight excluding hydrogens is 336 g/mol. The Morgan fingerprint density at radius 3 is 2.68 bits per heavy atom. The molecule has 4 nitrogen and oxygen atoms in total. The second-order valence-electron chi connectivity index (χ2n) is 6.27. The maximum Gasteiger partial charge on any atom is 0.223 e. The lowest BCUT2D eigenvalue weighted by Crippen LogP contribution is -2.34. The van der Waals surface area contributed by atoms with Crippen LogP contribution >= 0.6 is 11.6 Å². The third kappa shape index (κ3) is 4.67. The number of amides is 1. The molecule has 2 aromatic rings. The topological polar surface area (TPSA) is 32.8 Å². The molecule has 0 bridgehead atoms. The van der Waals surface area contributed by atoms with Gasteiger partial charge in [-0.25, -0.2) is 0 Å². The van der Waals surface area contributed by atoms with E-state index < -0.39 is 0 Å². The number of benzene rings is 2. The van der Waals surface area contributed by atoms with Crippen molar-refractivity contribution < 1.29 is 9.53 Å². The smallest absolute Gasteiger partial charge is 0.223 e. The van der Waals surface area contributed by atoms with E-state index in [-0.39, 0.29) is 5.91 Å². The first-order valence-electron chi connectivity index (χ1n) is 8.58. The number of hydrogen-bond acceptors (Lipinski definition) is 3. The van der Waals surface area contributed by atoms with Crippen LogP contribution in [0.2, 0.25) is 5.02 Å². The molecule has 1 amide bonds. The number of halogens is 1. The molecule has 3 rings (SSSR count). The first kappa shape index (κ1) is 17.6. The highest BCUT2D eigenvalue weighted by molar-refractivity contribution is 6.30. The lowest BCUT2D eigenvalue weighted by atomic mass is 10.1. The SMILES string of the molecule is CN1CCN(C(=O)CCCOc2ccc(Cl)cc2)Cc2ccccc21. The number of hydrogen-bond donors (Lipinski definition) is 0. The summed E-state index contributed by atoms with van der Waals surface area (Å²) in [5, 5.41) is 0.689. The summed E-state index contributed by atoms with van der Waals surface area (Å²) < 4.78 is 5.66. The van der Waals surface area contributed by atoms with Crippen LogP contribution in [0.25, 0.3) is 0 Å². The van der Waals surface area contributed by atoms with Crippen LogP contribution < -0.4 is 9.64 Å². The van der Waals surface area contributed by atoms with Crippen molar-refractivity contribution in [1.29, 1.82) is 0 Å². The Kier molecular flexibility index (Phi) is 5.82. The largest absolute Gasteiger partial charge is 0.494 e. The first-order chi connectivity index (χ1) is 12.1. The fourth-order valence-corrected chi connectivity index (χ4v) is 3.13. The zero-order valence-corrected chi connectivity index (χ0v) is 15.2. The van der Waals surface area contributed by atoms with Crippen LogP contribution in [0.5, 0.6) is 5.75 Å². The van der Waals surface area contributed by atoms with Gasteiger partial charge in [0.1, 0.15) is 5.75 Å². The predicted octanol–water partition coefficient (Wildman–Crippen LogP) is 3.98. The molecule has 0 radical (unpaired) electrons. The summed E-state index contributed by atoms with van der Waals surface area (Å²) in [6, 6.07) is 15.6. The lowest BCUT2D eigenvalue weighted by Gasteiger charge is -2.21. The quantitative estimate of drug-likeness (QED) is 0.758. The van der Waals surface area contributed by atoms with Gasteiger partial charge in [-0.05, 0) is 42.3 Å². The average molecular weight is 359 g/mol. The van der Waals surface area contributed by atoms with Gasteiger partial charge in [0.2, 0.25) is 5.91 Å². The molecule has 0 saturated carbocycles. The van der Waals surface area contributed by atoms with E-state index in [1.54, 1.807) is 12.1 Å². The van der Waals surface area contributed by atoms with Gasteiger partial charge in [0, 0.05) is 43.8 Å². The molecule has 1 aliphatic heterocycles. The highest BCUT2D eigenvalue weighted by atomic mass is 35.5. The number of para-hydroxylation sites is 1. The standard InChI is InChI=1S/C20H23ClN2O2/c1-22-12-13-23(15-16-5-2-3-6-19(16)22)20(24)7-4-14-25-18-10-8-17(21)9-11-18/h2-3,5-6,8-11H,4,7,12-15H2,1H3. The van der Waals surface area contributed by atoms with E-state index in [1.807, 2.05) is 29.2 Å². The van der Waals surface area contributed by atoms with Crippen molar-refractivity contribution >= 4 is 23.2 Å². The summed E-state index contributed by atoms with van der Waals surface area (Å²) in [5.74, 6) is 0.965. The molecule has 0 unspecified atom stereocenters. The van der Waals surface area contributed by atoms with E-state index in [9.17, 15) is 4.79 Å². The van der Waals surface area contributed by atoms with Crippen molar-refractivity contribution in [2.75, 3.05) is 31.6 Å². The molecule has 1 heterocycles. The number of anilines is 1. The fraction of sp³-hybridized carbons (Fsp3) is 0.350. The van der Waals surface area contributed by atoms with Crippen molar-refractivity contribution in [1.82, 2.24) is 4.90 Å². The van der Waals surface area contributed by atoms with E-state index >= 15 is 0 Å². The number of ether oxygens (including phenoxy) is 1. The highest BCUT2D eigenvalue weighted by Gasteiger charge is 2.20. The molecule has 2 aromatic carbocycles. The molecule has 0 atom stereocenters. The number of rotatable bonds is 5. The minimum absolute atomic E-state index is 0.185. The Morgan fingerprint density at radius 2 is 1.88 bits per heavy atom. The number of likely N-dealkylation sites (N-methyl/N-ethyl adjacent to an activating group) is 1. The average Bonchev–Trinajstić information content (AvgIpc) is 2.80. The second-order valence-corrected chi connectivity index (χ2v) is 6.71. The predicted molar refractivity (Wildman–Crippen MR) is 101 cm³/mol. The van der Waals surface area contributed by atoms with Crippen LogP contribution in [0, 0.1) is 0 Å². The van der Waals surface area contributed by atoms with Gasteiger partial charge >= 0.3 is 0 Å². The van der Waals surface area contributed by atoms with Gasteiger partial charge in [-0.1, -0.05) is 29.8 Å². The third-order valence-electron chi connectivity index (χ3n) is 4.44. The number of fused-ring (bicyclic) bond motifs is 1. The van der Waals surface area contributed by atoms with Crippen LogP contribution in [0.1, 0.15) is 18.4 Å². The summed E-state index contributed by atoms with van der Waals surface area (Å²) >= 11 is 5.85. The Labute approximate surface area is 154 Å². The Hall–Kier alpha value is -2.20. The Morgan fingerprint density at radius 1 is 1.12 bits per heavy atom. The Bertz CT molecular complexity index is 718. The molecule has 1 aliphatic rings. The van der Waals surface area contributed by atoms with E-state index in [0.29, 0.717) is 31.0 Å². The van der Waals surface area contributed by atoms with Crippen LogP contribution in [-0.2, 0) is 11.3 Å². The summed E-state index contributed by atoms with van der Waals surface area (Å²) in [5.41, 5.74) is 2.41. The van der Waals surface area contributed by atoms with E-state index in [0.717, 1.165) is 18.8 Å². The van der Waals surface area contributed by atoms with Gasteiger partial charge in [0.25, 0.3) is 0 Å². The summed E-state index contributed by atoms with van der Waals surface area (Å²) in [6.45, 7) is 2.81. The van der Waals surface area contributed by atoms with Crippen molar-refractivity contribution in [2.24, 2.45) is 0 Å². The minimum Gasteiger partial charge on any atom is -0.494 e. The number of carbonyl (C=O) groups is 1. The molecule has 0 aliphatic carbocycles. The Balaban J connectivity index is 1.49. The number of nitrogens with zero attached hydrogens (tertiary/aromatic N) is 2. The second kappa shape index (κ2) is 8.26. The molecule has 0 saturated heterocycles. The molecule has 132 valence electrons.